The number of carbonyl (C=O) groups is 2. The second-order valence-corrected chi connectivity index (χ2v) is 6.83. The molecule has 1 heterocycles. The van der Waals surface area contributed by atoms with Crippen LogP contribution in [0, 0.1) is 0 Å². The van der Waals surface area contributed by atoms with Gasteiger partial charge < -0.3 is 15.0 Å². The lowest BCUT2D eigenvalue weighted by molar-refractivity contribution is -0.140. The number of benzene rings is 2. The first-order valence-corrected chi connectivity index (χ1v) is 9.40. The number of hydrogen-bond donors (Lipinski definition) is 1. The van der Waals surface area contributed by atoms with E-state index >= 15 is 0 Å². The van der Waals surface area contributed by atoms with Crippen LogP contribution in [0.5, 0.6) is 0 Å². The van der Waals surface area contributed by atoms with Gasteiger partial charge in [-0.05, 0) is 24.0 Å². The van der Waals surface area contributed by atoms with Crippen LogP contribution in [-0.4, -0.2) is 36.0 Å². The first-order valence-electron chi connectivity index (χ1n) is 9.40. The molecule has 1 aliphatic rings. The Morgan fingerprint density at radius 2 is 1.78 bits per heavy atom. The van der Waals surface area contributed by atoms with E-state index in [2.05, 4.69) is 5.32 Å². The number of amides is 2. The fourth-order valence-electron chi connectivity index (χ4n) is 3.39. The third-order valence-electron chi connectivity index (χ3n) is 4.80. The summed E-state index contributed by atoms with van der Waals surface area (Å²) in [4.78, 5) is 27.1. The Morgan fingerprint density at radius 1 is 1.11 bits per heavy atom. The number of carbonyl (C=O) groups excluding carboxylic acids is 2. The average molecular weight is 366 g/mol. The summed E-state index contributed by atoms with van der Waals surface area (Å²) in [5, 5.41) is 2.99. The Bertz CT molecular complexity index is 743. The summed E-state index contributed by atoms with van der Waals surface area (Å²) in [5.41, 5.74) is 1.79. The molecule has 2 atom stereocenters. The molecule has 1 fully saturated rings. The minimum Gasteiger partial charge on any atom is -0.376 e. The summed E-state index contributed by atoms with van der Waals surface area (Å²) in [5.74, 6) is -0.317. The van der Waals surface area contributed by atoms with Crippen LogP contribution in [0.15, 0.2) is 60.7 Å². The Morgan fingerprint density at radius 3 is 2.37 bits per heavy atom. The van der Waals surface area contributed by atoms with E-state index in [1.807, 2.05) is 60.7 Å². The topological polar surface area (TPSA) is 58.6 Å². The Kier molecular flexibility index (Phi) is 6.60. The Hall–Kier alpha value is -2.66. The predicted octanol–water partition coefficient (Wildman–Crippen LogP) is 3.07. The van der Waals surface area contributed by atoms with Gasteiger partial charge in [0, 0.05) is 26.6 Å². The van der Waals surface area contributed by atoms with Gasteiger partial charge in [0.2, 0.25) is 11.8 Å². The number of hydrogen-bond acceptors (Lipinski definition) is 3. The molecule has 2 aromatic rings. The molecule has 0 aromatic heterocycles. The van der Waals surface area contributed by atoms with Crippen molar-refractivity contribution in [1.82, 2.24) is 10.2 Å². The summed E-state index contributed by atoms with van der Waals surface area (Å²) < 4.78 is 5.60. The average Bonchev–Trinajstić information content (AvgIpc) is 3.21. The molecule has 142 valence electrons. The Balaban J connectivity index is 1.82. The van der Waals surface area contributed by atoms with Crippen molar-refractivity contribution in [3.8, 4) is 0 Å². The quantitative estimate of drug-likeness (QED) is 0.819. The minimum atomic E-state index is -0.676. The molecule has 2 amide bonds. The van der Waals surface area contributed by atoms with Gasteiger partial charge in [0.1, 0.15) is 6.04 Å². The molecule has 1 aliphatic heterocycles. The number of nitrogens with one attached hydrogen (secondary N) is 1. The van der Waals surface area contributed by atoms with Gasteiger partial charge in [-0.25, -0.2) is 0 Å². The SMILES string of the molecule is CC(=O)N(Cc1ccccc1)[C@H](C(=O)NC[C@H]1CCCO1)c1ccccc1. The molecule has 3 rings (SSSR count). The normalized spacial score (nSPS) is 17.3. The molecule has 5 heteroatoms. The molecular formula is C22H26N2O3. The molecule has 0 bridgehead atoms. The highest BCUT2D eigenvalue weighted by Gasteiger charge is 2.30. The van der Waals surface area contributed by atoms with Gasteiger partial charge in [0.05, 0.1) is 6.10 Å². The number of nitrogens with zero attached hydrogens (tertiary/aromatic N) is 1. The molecule has 0 spiro atoms. The van der Waals surface area contributed by atoms with E-state index < -0.39 is 6.04 Å². The maximum atomic E-state index is 13.1. The zero-order valence-corrected chi connectivity index (χ0v) is 15.6. The van der Waals surface area contributed by atoms with Crippen molar-refractivity contribution in [2.45, 2.75) is 38.5 Å². The van der Waals surface area contributed by atoms with Crippen molar-refractivity contribution in [2.75, 3.05) is 13.2 Å². The second-order valence-electron chi connectivity index (χ2n) is 6.83. The highest BCUT2D eigenvalue weighted by molar-refractivity contribution is 5.88. The molecule has 0 radical (unpaired) electrons. The van der Waals surface area contributed by atoms with Gasteiger partial charge in [-0.2, -0.15) is 0 Å². The summed E-state index contributed by atoms with van der Waals surface area (Å²) >= 11 is 0. The van der Waals surface area contributed by atoms with Crippen LogP contribution in [0.2, 0.25) is 0 Å². The first kappa shape index (κ1) is 19.1. The summed E-state index contributed by atoms with van der Waals surface area (Å²) in [6, 6.07) is 18.5. The lowest BCUT2D eigenvalue weighted by Gasteiger charge is -2.31. The largest absolute Gasteiger partial charge is 0.376 e. The molecule has 0 aliphatic carbocycles. The monoisotopic (exact) mass is 366 g/mol. The minimum absolute atomic E-state index is 0.0604. The summed E-state index contributed by atoms with van der Waals surface area (Å²) in [7, 11) is 0. The van der Waals surface area contributed by atoms with Crippen molar-refractivity contribution in [2.24, 2.45) is 0 Å². The van der Waals surface area contributed by atoms with E-state index in [4.69, 9.17) is 4.74 Å². The van der Waals surface area contributed by atoms with Crippen LogP contribution in [0.1, 0.15) is 36.9 Å². The molecule has 1 saturated heterocycles. The van der Waals surface area contributed by atoms with Gasteiger partial charge in [0.25, 0.3) is 0 Å². The van der Waals surface area contributed by atoms with Crippen molar-refractivity contribution in [3.05, 3.63) is 71.8 Å². The van der Waals surface area contributed by atoms with Crippen LogP contribution in [0.25, 0.3) is 0 Å². The van der Waals surface area contributed by atoms with E-state index in [0.29, 0.717) is 13.1 Å². The first-order chi connectivity index (χ1) is 13.1. The Labute approximate surface area is 160 Å². The maximum Gasteiger partial charge on any atom is 0.247 e. The van der Waals surface area contributed by atoms with E-state index in [-0.39, 0.29) is 17.9 Å². The third-order valence-corrected chi connectivity index (χ3v) is 4.80. The number of ether oxygens (including phenoxy) is 1. The lowest BCUT2D eigenvalue weighted by atomic mass is 10.0. The van der Waals surface area contributed by atoms with Crippen LogP contribution in [0.3, 0.4) is 0 Å². The number of rotatable bonds is 7. The lowest BCUT2D eigenvalue weighted by Crippen LogP contribution is -2.44. The molecule has 5 nitrogen and oxygen atoms in total. The second kappa shape index (κ2) is 9.33. The van der Waals surface area contributed by atoms with Crippen LogP contribution in [0.4, 0.5) is 0 Å². The summed E-state index contributed by atoms with van der Waals surface area (Å²) in [6.45, 7) is 3.10. The van der Waals surface area contributed by atoms with Crippen molar-refractivity contribution in [1.29, 1.82) is 0 Å². The zero-order chi connectivity index (χ0) is 19.1. The van der Waals surface area contributed by atoms with Crippen LogP contribution < -0.4 is 5.32 Å². The van der Waals surface area contributed by atoms with Gasteiger partial charge in [-0.15, -0.1) is 0 Å². The summed E-state index contributed by atoms with van der Waals surface area (Å²) in [6.07, 6.45) is 2.04. The van der Waals surface area contributed by atoms with Crippen molar-refractivity contribution in [3.63, 3.8) is 0 Å². The van der Waals surface area contributed by atoms with E-state index in [1.54, 1.807) is 4.90 Å². The van der Waals surface area contributed by atoms with Crippen molar-refractivity contribution >= 4 is 11.8 Å². The van der Waals surface area contributed by atoms with Gasteiger partial charge in [-0.3, -0.25) is 9.59 Å². The smallest absolute Gasteiger partial charge is 0.247 e. The fraction of sp³-hybridized carbons (Fsp3) is 0.364. The highest BCUT2D eigenvalue weighted by atomic mass is 16.5. The molecule has 27 heavy (non-hydrogen) atoms. The van der Waals surface area contributed by atoms with Crippen molar-refractivity contribution < 1.29 is 14.3 Å². The van der Waals surface area contributed by atoms with Gasteiger partial charge >= 0.3 is 0 Å². The molecule has 1 N–H and O–H groups in total. The third kappa shape index (κ3) is 5.17. The van der Waals surface area contributed by atoms with Crippen LogP contribution in [-0.2, 0) is 20.9 Å². The van der Waals surface area contributed by atoms with E-state index in [1.165, 1.54) is 6.92 Å². The highest BCUT2D eigenvalue weighted by Crippen LogP contribution is 2.24. The molecule has 2 aromatic carbocycles. The van der Waals surface area contributed by atoms with E-state index in [0.717, 1.165) is 30.6 Å². The molecule has 0 saturated carbocycles. The van der Waals surface area contributed by atoms with Gasteiger partial charge in [-0.1, -0.05) is 60.7 Å². The van der Waals surface area contributed by atoms with E-state index in [9.17, 15) is 9.59 Å². The molecule has 0 unspecified atom stereocenters. The fourth-order valence-corrected chi connectivity index (χ4v) is 3.39. The zero-order valence-electron chi connectivity index (χ0n) is 15.6. The standard InChI is InChI=1S/C22H26N2O3/c1-17(25)24(16-18-9-4-2-5-10-18)21(19-11-6-3-7-12-19)22(26)23-15-20-13-8-14-27-20/h2-7,9-12,20-21H,8,13-16H2,1H3,(H,23,26)/t20-,21+/m1/s1. The molecular weight excluding hydrogens is 340 g/mol. The van der Waals surface area contributed by atoms with Crippen LogP contribution >= 0.6 is 0 Å². The van der Waals surface area contributed by atoms with Gasteiger partial charge in [0.15, 0.2) is 0 Å². The predicted molar refractivity (Wildman–Crippen MR) is 104 cm³/mol. The maximum absolute atomic E-state index is 13.1.